The fourth-order valence-corrected chi connectivity index (χ4v) is 3.27. The number of hydrogen-bond donors (Lipinski definition) is 2. The molecule has 0 amide bonds. The van der Waals surface area contributed by atoms with E-state index >= 15 is 0 Å². The van der Waals surface area contributed by atoms with E-state index in [1.165, 1.54) is 5.56 Å². The molecule has 1 atom stereocenters. The van der Waals surface area contributed by atoms with E-state index < -0.39 is 0 Å². The number of nitrogens with zero attached hydrogens (tertiary/aromatic N) is 2. The van der Waals surface area contributed by atoms with Crippen LogP contribution in [0.25, 0.3) is 0 Å². The normalized spacial score (nSPS) is 16.3. The molecule has 2 aromatic carbocycles. The van der Waals surface area contributed by atoms with Crippen LogP contribution >= 0.6 is 0 Å². The summed E-state index contributed by atoms with van der Waals surface area (Å²) in [5.74, 6) is 1.68. The van der Waals surface area contributed by atoms with Crippen molar-refractivity contribution >= 4 is 5.96 Å². The van der Waals surface area contributed by atoms with E-state index in [4.69, 9.17) is 9.47 Å². The van der Waals surface area contributed by atoms with E-state index in [1.54, 1.807) is 7.05 Å². The molecule has 2 N–H and O–H groups in total. The van der Waals surface area contributed by atoms with Gasteiger partial charge >= 0.3 is 0 Å². The predicted octanol–water partition coefficient (Wildman–Crippen LogP) is 2.82. The van der Waals surface area contributed by atoms with E-state index in [1.807, 2.05) is 30.3 Å². The summed E-state index contributed by atoms with van der Waals surface area (Å²) in [5.41, 5.74) is 2.38. The van der Waals surface area contributed by atoms with Crippen LogP contribution in [0.15, 0.2) is 59.6 Å². The number of aliphatic imine (C=N–C) groups is 1. The van der Waals surface area contributed by atoms with Crippen LogP contribution in [0.4, 0.5) is 0 Å². The van der Waals surface area contributed by atoms with E-state index in [-0.39, 0.29) is 6.04 Å². The number of ether oxygens (including phenoxy) is 2. The van der Waals surface area contributed by atoms with Crippen LogP contribution in [0.2, 0.25) is 0 Å². The number of nitrogens with one attached hydrogen (secondary N) is 2. The maximum Gasteiger partial charge on any atom is 0.191 e. The second-order valence-electron chi connectivity index (χ2n) is 7.15. The van der Waals surface area contributed by atoms with Crippen LogP contribution in [-0.4, -0.2) is 57.4 Å². The molecule has 1 aliphatic heterocycles. The first-order valence-corrected chi connectivity index (χ1v) is 10.3. The zero-order chi connectivity index (χ0) is 20.3. The summed E-state index contributed by atoms with van der Waals surface area (Å²) < 4.78 is 11.3. The zero-order valence-corrected chi connectivity index (χ0v) is 17.4. The molecular weight excluding hydrogens is 364 g/mol. The lowest BCUT2D eigenvalue weighted by molar-refractivity contribution is 0.0322. The minimum atomic E-state index is 0.178. The van der Waals surface area contributed by atoms with Gasteiger partial charge in [0, 0.05) is 33.2 Å². The van der Waals surface area contributed by atoms with Gasteiger partial charge in [0.25, 0.3) is 0 Å². The second kappa shape index (κ2) is 11.4. The lowest BCUT2D eigenvalue weighted by Crippen LogP contribution is -2.38. The Kier molecular flexibility index (Phi) is 8.34. The molecule has 2 aromatic rings. The minimum Gasteiger partial charge on any atom is -0.492 e. The van der Waals surface area contributed by atoms with Gasteiger partial charge < -0.3 is 20.1 Å². The molecule has 1 fully saturated rings. The van der Waals surface area contributed by atoms with Crippen molar-refractivity contribution in [2.24, 2.45) is 4.99 Å². The van der Waals surface area contributed by atoms with E-state index in [0.29, 0.717) is 13.2 Å². The van der Waals surface area contributed by atoms with Crippen LogP contribution in [0, 0.1) is 0 Å². The first kappa shape index (κ1) is 21.1. The summed E-state index contributed by atoms with van der Waals surface area (Å²) in [5, 5.41) is 6.81. The summed E-state index contributed by atoms with van der Waals surface area (Å²) in [4.78, 5) is 6.71. The Bertz CT molecular complexity index is 760. The first-order chi connectivity index (χ1) is 14.2. The van der Waals surface area contributed by atoms with Crippen molar-refractivity contribution in [2.45, 2.75) is 19.5 Å². The SMILES string of the molecule is CN=C(NCc1cccc(OCCN2CCOCC2)c1)NC(C)c1ccccc1. The summed E-state index contributed by atoms with van der Waals surface area (Å²) in [7, 11) is 1.79. The van der Waals surface area contributed by atoms with E-state index in [0.717, 1.165) is 50.1 Å². The van der Waals surface area contributed by atoms with Crippen molar-refractivity contribution in [2.75, 3.05) is 46.5 Å². The molecule has 29 heavy (non-hydrogen) atoms. The monoisotopic (exact) mass is 396 g/mol. The molecule has 0 spiro atoms. The maximum absolute atomic E-state index is 5.95. The molecule has 1 saturated heterocycles. The molecule has 0 radical (unpaired) electrons. The molecule has 1 unspecified atom stereocenters. The molecule has 1 aliphatic rings. The fourth-order valence-electron chi connectivity index (χ4n) is 3.27. The van der Waals surface area contributed by atoms with Crippen LogP contribution < -0.4 is 15.4 Å². The number of rotatable bonds is 8. The highest BCUT2D eigenvalue weighted by Crippen LogP contribution is 2.14. The highest BCUT2D eigenvalue weighted by Gasteiger charge is 2.10. The van der Waals surface area contributed by atoms with Crippen molar-refractivity contribution in [3.05, 3.63) is 65.7 Å². The molecule has 6 nitrogen and oxygen atoms in total. The highest BCUT2D eigenvalue weighted by molar-refractivity contribution is 5.80. The summed E-state index contributed by atoms with van der Waals surface area (Å²) in [6.07, 6.45) is 0. The van der Waals surface area contributed by atoms with E-state index in [9.17, 15) is 0 Å². The van der Waals surface area contributed by atoms with Crippen molar-refractivity contribution in [3.63, 3.8) is 0 Å². The topological polar surface area (TPSA) is 58.1 Å². The smallest absolute Gasteiger partial charge is 0.191 e. The van der Waals surface area contributed by atoms with Crippen molar-refractivity contribution < 1.29 is 9.47 Å². The number of morpholine rings is 1. The summed E-state index contributed by atoms with van der Waals surface area (Å²) >= 11 is 0. The molecule has 1 heterocycles. The fraction of sp³-hybridized carbons (Fsp3) is 0.435. The van der Waals surface area contributed by atoms with Gasteiger partial charge in [-0.3, -0.25) is 9.89 Å². The van der Waals surface area contributed by atoms with Gasteiger partial charge in [-0.1, -0.05) is 42.5 Å². The Balaban J connectivity index is 1.45. The van der Waals surface area contributed by atoms with Gasteiger partial charge in [0.15, 0.2) is 5.96 Å². The molecular formula is C23H32N4O2. The summed E-state index contributed by atoms with van der Waals surface area (Å²) in [6, 6.07) is 18.7. The van der Waals surface area contributed by atoms with Crippen LogP contribution in [0.5, 0.6) is 5.75 Å². The van der Waals surface area contributed by atoms with Crippen LogP contribution in [0.3, 0.4) is 0 Å². The third-order valence-corrected chi connectivity index (χ3v) is 5.01. The molecule has 0 aliphatic carbocycles. The largest absolute Gasteiger partial charge is 0.492 e. The standard InChI is InChI=1S/C23H32N4O2/c1-19(21-8-4-3-5-9-21)26-23(24-2)25-18-20-7-6-10-22(17-20)29-16-13-27-11-14-28-15-12-27/h3-10,17,19H,11-16,18H2,1-2H3,(H2,24,25,26). The Labute approximate surface area is 173 Å². The Morgan fingerprint density at radius 1 is 1.14 bits per heavy atom. The zero-order valence-electron chi connectivity index (χ0n) is 17.4. The van der Waals surface area contributed by atoms with Crippen molar-refractivity contribution in [3.8, 4) is 5.75 Å². The average molecular weight is 397 g/mol. The highest BCUT2D eigenvalue weighted by atomic mass is 16.5. The van der Waals surface area contributed by atoms with Crippen LogP contribution in [0.1, 0.15) is 24.1 Å². The molecule has 0 bridgehead atoms. The third kappa shape index (κ3) is 7.07. The molecule has 156 valence electrons. The van der Waals surface area contributed by atoms with Crippen molar-refractivity contribution in [1.29, 1.82) is 0 Å². The van der Waals surface area contributed by atoms with Gasteiger partial charge in [0.2, 0.25) is 0 Å². The third-order valence-electron chi connectivity index (χ3n) is 5.01. The van der Waals surface area contributed by atoms with Gasteiger partial charge in [-0.05, 0) is 30.2 Å². The maximum atomic E-state index is 5.95. The van der Waals surface area contributed by atoms with E-state index in [2.05, 4.69) is 51.7 Å². The number of hydrogen-bond acceptors (Lipinski definition) is 4. The minimum absolute atomic E-state index is 0.178. The first-order valence-electron chi connectivity index (χ1n) is 10.3. The Hall–Kier alpha value is -2.57. The molecule has 6 heteroatoms. The lowest BCUT2D eigenvalue weighted by Gasteiger charge is -2.26. The quantitative estimate of drug-likeness (QED) is 0.531. The molecule has 0 aromatic heterocycles. The second-order valence-corrected chi connectivity index (χ2v) is 7.15. The average Bonchev–Trinajstić information content (AvgIpc) is 2.78. The van der Waals surface area contributed by atoms with Gasteiger partial charge in [-0.2, -0.15) is 0 Å². The van der Waals surface area contributed by atoms with Gasteiger partial charge in [-0.25, -0.2) is 0 Å². The van der Waals surface area contributed by atoms with Crippen molar-refractivity contribution in [1.82, 2.24) is 15.5 Å². The molecule has 3 rings (SSSR count). The number of guanidine groups is 1. The van der Waals surface area contributed by atoms with Crippen LogP contribution in [-0.2, 0) is 11.3 Å². The Morgan fingerprint density at radius 3 is 2.69 bits per heavy atom. The Morgan fingerprint density at radius 2 is 1.93 bits per heavy atom. The van der Waals surface area contributed by atoms with Gasteiger partial charge in [0.1, 0.15) is 12.4 Å². The summed E-state index contributed by atoms with van der Waals surface area (Å²) in [6.45, 7) is 8.04. The van der Waals surface area contributed by atoms with Gasteiger partial charge in [-0.15, -0.1) is 0 Å². The molecule has 0 saturated carbocycles. The van der Waals surface area contributed by atoms with Gasteiger partial charge in [0.05, 0.1) is 19.3 Å². The number of benzene rings is 2. The lowest BCUT2D eigenvalue weighted by atomic mass is 10.1. The predicted molar refractivity (Wildman–Crippen MR) is 117 cm³/mol.